The SMILES string of the molecule is CCN1CCC(CNS(=O)(=O)CCNC(C)C)C1. The van der Waals surface area contributed by atoms with Gasteiger partial charge in [0, 0.05) is 25.7 Å². The minimum atomic E-state index is -3.12. The lowest BCUT2D eigenvalue weighted by atomic mass is 10.1. The van der Waals surface area contributed by atoms with Gasteiger partial charge >= 0.3 is 0 Å². The first kappa shape index (κ1) is 15.9. The smallest absolute Gasteiger partial charge is 0.212 e. The molecular weight excluding hydrogens is 250 g/mol. The molecule has 1 saturated heterocycles. The van der Waals surface area contributed by atoms with E-state index in [1.165, 1.54) is 0 Å². The van der Waals surface area contributed by atoms with Crippen molar-refractivity contribution in [2.24, 2.45) is 5.92 Å². The van der Waals surface area contributed by atoms with Crippen molar-refractivity contribution < 1.29 is 8.42 Å². The fourth-order valence-corrected chi connectivity index (χ4v) is 3.19. The molecule has 0 aliphatic carbocycles. The molecule has 0 radical (unpaired) electrons. The Labute approximate surface area is 111 Å². The summed E-state index contributed by atoms with van der Waals surface area (Å²) in [7, 11) is -3.12. The first-order chi connectivity index (χ1) is 8.43. The Morgan fingerprint density at radius 1 is 1.39 bits per heavy atom. The third kappa shape index (κ3) is 6.13. The molecule has 0 saturated carbocycles. The quantitative estimate of drug-likeness (QED) is 0.667. The summed E-state index contributed by atoms with van der Waals surface area (Å²) in [6.07, 6.45) is 1.10. The van der Waals surface area contributed by atoms with Crippen LogP contribution in [0.1, 0.15) is 27.2 Å². The van der Waals surface area contributed by atoms with Gasteiger partial charge in [0.1, 0.15) is 0 Å². The van der Waals surface area contributed by atoms with Crippen LogP contribution >= 0.6 is 0 Å². The maximum absolute atomic E-state index is 11.8. The Kier molecular flexibility index (Phi) is 6.55. The fraction of sp³-hybridized carbons (Fsp3) is 1.00. The molecular formula is C12H27N3O2S. The van der Waals surface area contributed by atoms with Crippen LogP contribution in [0.4, 0.5) is 0 Å². The van der Waals surface area contributed by atoms with Gasteiger partial charge in [-0.2, -0.15) is 0 Å². The minimum absolute atomic E-state index is 0.162. The lowest BCUT2D eigenvalue weighted by Crippen LogP contribution is -2.37. The van der Waals surface area contributed by atoms with Crippen LogP contribution in [-0.4, -0.2) is 57.8 Å². The predicted molar refractivity (Wildman–Crippen MR) is 75.1 cm³/mol. The van der Waals surface area contributed by atoms with Gasteiger partial charge in [0.15, 0.2) is 0 Å². The van der Waals surface area contributed by atoms with Crippen LogP contribution in [0.3, 0.4) is 0 Å². The summed E-state index contributed by atoms with van der Waals surface area (Å²) in [5, 5.41) is 3.12. The molecule has 0 amide bonds. The summed E-state index contributed by atoms with van der Waals surface area (Å²) in [6, 6.07) is 0.327. The first-order valence-electron chi connectivity index (χ1n) is 6.86. The van der Waals surface area contributed by atoms with E-state index in [-0.39, 0.29) is 5.75 Å². The van der Waals surface area contributed by atoms with Gasteiger partial charge in [-0.1, -0.05) is 20.8 Å². The Hall–Kier alpha value is -0.170. The lowest BCUT2D eigenvalue weighted by molar-refractivity contribution is 0.342. The molecule has 1 heterocycles. The summed E-state index contributed by atoms with van der Waals surface area (Å²) in [6.45, 7) is 10.4. The highest BCUT2D eigenvalue weighted by atomic mass is 32.2. The molecule has 6 heteroatoms. The molecule has 1 rings (SSSR count). The molecule has 0 bridgehead atoms. The maximum Gasteiger partial charge on any atom is 0.212 e. The minimum Gasteiger partial charge on any atom is -0.313 e. The third-order valence-electron chi connectivity index (χ3n) is 3.33. The highest BCUT2D eigenvalue weighted by Gasteiger charge is 2.22. The molecule has 1 aliphatic heterocycles. The van der Waals surface area contributed by atoms with Crippen molar-refractivity contribution in [2.45, 2.75) is 33.2 Å². The van der Waals surface area contributed by atoms with E-state index in [0.29, 0.717) is 25.0 Å². The zero-order valence-electron chi connectivity index (χ0n) is 11.8. The van der Waals surface area contributed by atoms with Crippen molar-refractivity contribution in [2.75, 3.05) is 38.5 Å². The van der Waals surface area contributed by atoms with Gasteiger partial charge in [0.05, 0.1) is 5.75 Å². The molecule has 1 unspecified atom stereocenters. The van der Waals surface area contributed by atoms with Gasteiger partial charge in [-0.25, -0.2) is 13.1 Å². The van der Waals surface area contributed by atoms with Gasteiger partial charge in [-0.05, 0) is 25.4 Å². The van der Waals surface area contributed by atoms with Crippen LogP contribution in [0.5, 0.6) is 0 Å². The number of nitrogens with one attached hydrogen (secondary N) is 2. The highest BCUT2D eigenvalue weighted by molar-refractivity contribution is 7.89. The Morgan fingerprint density at radius 2 is 2.11 bits per heavy atom. The van der Waals surface area contributed by atoms with Gasteiger partial charge in [-0.3, -0.25) is 0 Å². The molecule has 0 spiro atoms. The monoisotopic (exact) mass is 277 g/mol. The molecule has 2 N–H and O–H groups in total. The molecule has 108 valence electrons. The van der Waals surface area contributed by atoms with E-state index in [1.807, 2.05) is 13.8 Å². The molecule has 0 aromatic carbocycles. The Bertz CT molecular complexity index is 330. The van der Waals surface area contributed by atoms with E-state index in [9.17, 15) is 8.42 Å². The normalized spacial score (nSPS) is 21.9. The van der Waals surface area contributed by atoms with Crippen LogP contribution in [0.15, 0.2) is 0 Å². The summed E-state index contributed by atoms with van der Waals surface area (Å²) < 4.78 is 26.2. The maximum atomic E-state index is 11.8. The number of hydrogen-bond donors (Lipinski definition) is 2. The first-order valence-corrected chi connectivity index (χ1v) is 8.51. The van der Waals surface area contributed by atoms with Crippen LogP contribution in [-0.2, 0) is 10.0 Å². The predicted octanol–water partition coefficient (Wildman–Crippen LogP) is 0.246. The second-order valence-electron chi connectivity index (χ2n) is 5.32. The Balaban J connectivity index is 2.21. The van der Waals surface area contributed by atoms with E-state index in [0.717, 1.165) is 26.1 Å². The molecule has 5 nitrogen and oxygen atoms in total. The van der Waals surface area contributed by atoms with Gasteiger partial charge in [-0.15, -0.1) is 0 Å². The van der Waals surface area contributed by atoms with Crippen molar-refractivity contribution in [3.8, 4) is 0 Å². The molecule has 1 aliphatic rings. The van der Waals surface area contributed by atoms with Crippen molar-refractivity contribution in [3.05, 3.63) is 0 Å². The number of nitrogens with zero attached hydrogens (tertiary/aromatic N) is 1. The highest BCUT2D eigenvalue weighted by Crippen LogP contribution is 2.14. The van der Waals surface area contributed by atoms with Crippen LogP contribution < -0.4 is 10.0 Å². The van der Waals surface area contributed by atoms with Crippen LogP contribution in [0.2, 0.25) is 0 Å². The van der Waals surface area contributed by atoms with Gasteiger partial charge < -0.3 is 10.2 Å². The van der Waals surface area contributed by atoms with E-state index < -0.39 is 10.0 Å². The second kappa shape index (κ2) is 7.43. The van der Waals surface area contributed by atoms with Crippen molar-refractivity contribution in [1.29, 1.82) is 0 Å². The number of likely N-dealkylation sites (tertiary alicyclic amines) is 1. The lowest BCUT2D eigenvalue weighted by Gasteiger charge is -2.14. The zero-order chi connectivity index (χ0) is 13.6. The van der Waals surface area contributed by atoms with Crippen molar-refractivity contribution in [1.82, 2.24) is 14.9 Å². The van der Waals surface area contributed by atoms with Crippen LogP contribution in [0.25, 0.3) is 0 Å². The Morgan fingerprint density at radius 3 is 2.67 bits per heavy atom. The summed E-state index contributed by atoms with van der Waals surface area (Å²) in [5.74, 6) is 0.632. The summed E-state index contributed by atoms with van der Waals surface area (Å²) in [5.41, 5.74) is 0. The summed E-state index contributed by atoms with van der Waals surface area (Å²) >= 11 is 0. The average molecular weight is 277 g/mol. The van der Waals surface area contributed by atoms with Crippen LogP contribution in [0, 0.1) is 5.92 Å². The van der Waals surface area contributed by atoms with E-state index in [2.05, 4.69) is 21.9 Å². The van der Waals surface area contributed by atoms with Crippen molar-refractivity contribution in [3.63, 3.8) is 0 Å². The van der Waals surface area contributed by atoms with Gasteiger partial charge in [0.25, 0.3) is 0 Å². The van der Waals surface area contributed by atoms with Gasteiger partial charge in [0.2, 0.25) is 10.0 Å². The fourth-order valence-electron chi connectivity index (χ4n) is 2.17. The third-order valence-corrected chi connectivity index (χ3v) is 4.68. The largest absolute Gasteiger partial charge is 0.313 e. The topological polar surface area (TPSA) is 61.4 Å². The molecule has 1 atom stereocenters. The zero-order valence-corrected chi connectivity index (χ0v) is 12.6. The van der Waals surface area contributed by atoms with E-state index in [4.69, 9.17) is 0 Å². The summed E-state index contributed by atoms with van der Waals surface area (Å²) in [4.78, 5) is 2.36. The number of sulfonamides is 1. The average Bonchev–Trinajstić information content (AvgIpc) is 2.73. The number of hydrogen-bond acceptors (Lipinski definition) is 4. The van der Waals surface area contributed by atoms with E-state index >= 15 is 0 Å². The van der Waals surface area contributed by atoms with Crippen molar-refractivity contribution >= 4 is 10.0 Å². The second-order valence-corrected chi connectivity index (χ2v) is 7.25. The molecule has 0 aromatic heterocycles. The molecule has 0 aromatic rings. The molecule has 18 heavy (non-hydrogen) atoms. The number of rotatable bonds is 8. The van der Waals surface area contributed by atoms with E-state index in [1.54, 1.807) is 0 Å². The molecule has 1 fully saturated rings. The standard InChI is InChI=1S/C12H27N3O2S/c1-4-15-7-5-12(10-15)9-14-18(16,17)8-6-13-11(2)3/h11-14H,4-10H2,1-3H3.